The Labute approximate surface area is 133 Å². The Hall–Kier alpha value is -3.14. The first-order valence-corrected chi connectivity index (χ1v) is 7.06. The third-order valence-electron chi connectivity index (χ3n) is 3.34. The molecule has 0 amide bonds. The Morgan fingerprint density at radius 2 is 2.17 bits per heavy atom. The molecule has 0 saturated heterocycles. The van der Waals surface area contributed by atoms with Crippen molar-refractivity contribution in [2.45, 2.75) is 27.2 Å². The Kier molecular flexibility index (Phi) is 4.76. The number of rotatable bonds is 3. The predicted octanol–water partition coefficient (Wildman–Crippen LogP) is 1.82. The number of hydrogen-bond donors (Lipinski definition) is 3. The maximum Gasteiger partial charge on any atom is 0.256 e. The van der Waals surface area contributed by atoms with Gasteiger partial charge in [0.1, 0.15) is 0 Å². The monoisotopic (exact) mass is 310 g/mol. The van der Waals surface area contributed by atoms with E-state index in [-0.39, 0.29) is 23.9 Å². The summed E-state index contributed by atoms with van der Waals surface area (Å²) < 4.78 is 0. The van der Waals surface area contributed by atoms with Crippen molar-refractivity contribution in [1.29, 1.82) is 5.26 Å². The summed E-state index contributed by atoms with van der Waals surface area (Å²) in [5.74, 6) is 0.219. The number of hydrogen-bond acceptors (Lipinski definition) is 4. The van der Waals surface area contributed by atoms with Gasteiger partial charge in [-0.25, -0.2) is 4.98 Å². The minimum atomic E-state index is -0.378. The molecule has 0 aliphatic carbocycles. The number of nitriles is 1. The number of anilines is 1. The van der Waals surface area contributed by atoms with E-state index >= 15 is 0 Å². The van der Waals surface area contributed by atoms with Crippen LogP contribution in [0.3, 0.4) is 0 Å². The van der Waals surface area contributed by atoms with Gasteiger partial charge >= 0.3 is 0 Å². The van der Waals surface area contributed by atoms with Crippen LogP contribution in [0.1, 0.15) is 22.4 Å². The maximum atomic E-state index is 11.9. The third kappa shape index (κ3) is 3.95. The Balaban J connectivity index is 2.28. The summed E-state index contributed by atoms with van der Waals surface area (Å²) in [6.07, 6.45) is 0.00839. The molecule has 0 fully saturated rings. The number of aromatic amines is 1. The largest absolute Gasteiger partial charge is 0.369 e. The number of nitrogens with one attached hydrogen (secondary N) is 2. The third-order valence-corrected chi connectivity index (χ3v) is 3.34. The van der Waals surface area contributed by atoms with Gasteiger partial charge in [0, 0.05) is 5.69 Å². The van der Waals surface area contributed by atoms with Crippen molar-refractivity contribution in [3.8, 4) is 6.07 Å². The normalized spacial score (nSPS) is 11.1. The van der Waals surface area contributed by atoms with Gasteiger partial charge in [0.15, 0.2) is 0 Å². The van der Waals surface area contributed by atoms with Crippen LogP contribution < -0.4 is 16.6 Å². The van der Waals surface area contributed by atoms with Crippen molar-refractivity contribution in [3.05, 3.63) is 50.9 Å². The highest BCUT2D eigenvalue weighted by atomic mass is 16.1. The molecule has 0 aliphatic rings. The van der Waals surface area contributed by atoms with Gasteiger partial charge in [-0.1, -0.05) is 17.7 Å². The number of benzene rings is 1. The fourth-order valence-electron chi connectivity index (χ4n) is 2.17. The molecule has 1 aromatic carbocycles. The van der Waals surface area contributed by atoms with E-state index in [0.717, 1.165) is 16.8 Å². The molecule has 0 unspecified atom stereocenters. The second-order valence-electron chi connectivity index (χ2n) is 5.23. The molecule has 23 heavy (non-hydrogen) atoms. The first-order chi connectivity index (χ1) is 10.9. The van der Waals surface area contributed by atoms with Gasteiger partial charge in [-0.05, 0) is 32.4 Å². The smallest absolute Gasteiger partial charge is 0.256 e. The number of H-pyrrole nitrogens is 1. The highest BCUT2D eigenvalue weighted by Crippen LogP contribution is 2.16. The van der Waals surface area contributed by atoms with Crippen LogP contribution in [0.25, 0.3) is 0 Å². The van der Waals surface area contributed by atoms with Crippen LogP contribution in [-0.2, 0) is 6.42 Å². The summed E-state index contributed by atoms with van der Waals surface area (Å²) in [6, 6.07) is 7.83. The first kappa shape index (κ1) is 16.2. The van der Waals surface area contributed by atoms with Crippen molar-refractivity contribution in [3.63, 3.8) is 0 Å². The SMILES string of the molecule is Cc1ccc(NC(N)=Nc2nc(C)c(CC#N)c(=O)[nH]2)c(C)c1. The minimum Gasteiger partial charge on any atom is -0.369 e. The molecule has 0 aliphatic heterocycles. The second-order valence-corrected chi connectivity index (χ2v) is 5.23. The molecule has 2 aromatic rings. The highest BCUT2D eigenvalue weighted by Gasteiger charge is 2.08. The van der Waals surface area contributed by atoms with E-state index < -0.39 is 0 Å². The number of aryl methyl sites for hydroxylation is 3. The summed E-state index contributed by atoms with van der Waals surface area (Å²) in [7, 11) is 0. The topological polar surface area (TPSA) is 120 Å². The predicted molar refractivity (Wildman–Crippen MR) is 89.7 cm³/mol. The lowest BCUT2D eigenvalue weighted by Crippen LogP contribution is -2.23. The van der Waals surface area contributed by atoms with E-state index in [4.69, 9.17) is 11.0 Å². The molecular formula is C16H18N6O. The number of guanidine groups is 1. The lowest BCUT2D eigenvalue weighted by atomic mass is 10.1. The van der Waals surface area contributed by atoms with E-state index in [2.05, 4.69) is 20.3 Å². The molecule has 0 radical (unpaired) electrons. The summed E-state index contributed by atoms with van der Waals surface area (Å²) in [5.41, 5.74) is 9.31. The molecule has 0 saturated carbocycles. The number of nitrogens with zero attached hydrogens (tertiary/aromatic N) is 3. The second kappa shape index (κ2) is 6.75. The fourth-order valence-corrected chi connectivity index (χ4v) is 2.17. The molecule has 7 heteroatoms. The molecule has 0 spiro atoms. The van der Waals surface area contributed by atoms with Crippen LogP contribution >= 0.6 is 0 Å². The van der Waals surface area contributed by atoms with Gasteiger partial charge in [-0.15, -0.1) is 0 Å². The number of aliphatic imine (C=N–C) groups is 1. The van der Waals surface area contributed by atoms with Gasteiger partial charge in [0.2, 0.25) is 11.9 Å². The van der Waals surface area contributed by atoms with Crippen LogP contribution in [0.15, 0.2) is 28.0 Å². The van der Waals surface area contributed by atoms with E-state index in [9.17, 15) is 4.79 Å². The van der Waals surface area contributed by atoms with E-state index in [0.29, 0.717) is 11.3 Å². The molecular weight excluding hydrogens is 292 g/mol. The Bertz CT molecular complexity index is 860. The van der Waals surface area contributed by atoms with Crippen LogP contribution in [0.4, 0.5) is 11.6 Å². The van der Waals surface area contributed by atoms with Crippen LogP contribution in [0.2, 0.25) is 0 Å². The molecule has 0 bridgehead atoms. The maximum absolute atomic E-state index is 11.9. The Morgan fingerprint density at radius 3 is 2.78 bits per heavy atom. The van der Waals surface area contributed by atoms with Crippen molar-refractivity contribution < 1.29 is 0 Å². The lowest BCUT2D eigenvalue weighted by molar-refractivity contribution is 0.987. The molecule has 0 atom stereocenters. The zero-order chi connectivity index (χ0) is 17.0. The zero-order valence-corrected chi connectivity index (χ0v) is 13.3. The molecule has 4 N–H and O–H groups in total. The van der Waals surface area contributed by atoms with Gasteiger partial charge in [0.05, 0.1) is 23.7 Å². The average molecular weight is 310 g/mol. The van der Waals surface area contributed by atoms with Gasteiger partial charge in [-0.2, -0.15) is 10.3 Å². The van der Waals surface area contributed by atoms with Crippen LogP contribution in [0, 0.1) is 32.1 Å². The summed E-state index contributed by atoms with van der Waals surface area (Å²) >= 11 is 0. The van der Waals surface area contributed by atoms with Gasteiger partial charge in [-0.3, -0.25) is 9.78 Å². The zero-order valence-electron chi connectivity index (χ0n) is 13.3. The summed E-state index contributed by atoms with van der Waals surface area (Å²) in [5, 5.41) is 11.7. The van der Waals surface area contributed by atoms with Crippen LogP contribution in [-0.4, -0.2) is 15.9 Å². The van der Waals surface area contributed by atoms with Crippen molar-refractivity contribution in [2.75, 3.05) is 5.32 Å². The number of aromatic nitrogens is 2. The first-order valence-electron chi connectivity index (χ1n) is 7.06. The van der Waals surface area contributed by atoms with E-state index in [1.807, 2.05) is 38.1 Å². The van der Waals surface area contributed by atoms with Crippen LogP contribution in [0.5, 0.6) is 0 Å². The number of nitrogens with two attached hydrogens (primary N) is 1. The highest BCUT2D eigenvalue weighted by molar-refractivity contribution is 5.94. The van der Waals surface area contributed by atoms with Crippen molar-refractivity contribution in [1.82, 2.24) is 9.97 Å². The standard InChI is InChI=1S/C16H18N6O/c1-9-4-5-13(10(2)8-9)20-15(18)22-16-19-11(3)12(6-7-17)14(23)21-16/h4-5,8H,6H2,1-3H3,(H4,18,19,20,21,22,23). The Morgan fingerprint density at radius 1 is 1.43 bits per heavy atom. The molecule has 2 rings (SSSR count). The molecule has 7 nitrogen and oxygen atoms in total. The molecule has 1 heterocycles. The summed E-state index contributed by atoms with van der Waals surface area (Å²) in [4.78, 5) is 22.7. The fraction of sp³-hybridized carbons (Fsp3) is 0.250. The van der Waals surface area contributed by atoms with Crippen molar-refractivity contribution in [2.24, 2.45) is 10.7 Å². The van der Waals surface area contributed by atoms with E-state index in [1.165, 1.54) is 0 Å². The molecule has 118 valence electrons. The lowest BCUT2D eigenvalue weighted by Gasteiger charge is -2.09. The molecule has 1 aromatic heterocycles. The van der Waals surface area contributed by atoms with E-state index in [1.54, 1.807) is 6.92 Å². The summed E-state index contributed by atoms with van der Waals surface area (Å²) in [6.45, 7) is 5.63. The van der Waals surface area contributed by atoms with Gasteiger partial charge < -0.3 is 11.1 Å². The van der Waals surface area contributed by atoms with Crippen molar-refractivity contribution >= 4 is 17.6 Å². The average Bonchev–Trinajstić information content (AvgIpc) is 2.46. The van der Waals surface area contributed by atoms with Gasteiger partial charge in [0.25, 0.3) is 5.56 Å². The minimum absolute atomic E-state index is 0.00839. The quantitative estimate of drug-likeness (QED) is 0.590.